The molecular weight excluding hydrogens is 368 g/mol. The van der Waals surface area contributed by atoms with Crippen molar-refractivity contribution in [1.29, 1.82) is 0 Å². The molecule has 0 aliphatic rings. The van der Waals surface area contributed by atoms with Gasteiger partial charge in [-0.3, -0.25) is 4.79 Å². The lowest BCUT2D eigenvalue weighted by Gasteiger charge is -2.20. The molecule has 0 heterocycles. The maximum atomic E-state index is 12.2. The van der Waals surface area contributed by atoms with E-state index in [2.05, 4.69) is 5.32 Å². The zero-order chi connectivity index (χ0) is 19.9. The molecule has 0 aliphatic heterocycles. The smallest absolute Gasteiger partial charge is 0.251 e. The number of nitrogens with zero attached hydrogens (tertiary/aromatic N) is 1. The molecule has 0 fully saturated rings. The van der Waals surface area contributed by atoms with Gasteiger partial charge in [-0.1, -0.05) is 18.2 Å². The Morgan fingerprint density at radius 1 is 1.04 bits per heavy atom. The largest absolute Gasteiger partial charge is 0.497 e. The summed E-state index contributed by atoms with van der Waals surface area (Å²) < 4.78 is 35.6. The minimum atomic E-state index is -3.42. The predicted octanol–water partition coefficient (Wildman–Crippen LogP) is 1.90. The lowest BCUT2D eigenvalue weighted by atomic mass is 10.2. The second kappa shape index (κ2) is 9.38. The SMILES string of the molecule is COc1ccc(CN(CCNC(=O)c2cccc(OC)c2)S(C)(=O)=O)cc1. The first kappa shape index (κ1) is 20.7. The average molecular weight is 392 g/mol. The molecule has 0 spiro atoms. The van der Waals surface area contributed by atoms with E-state index < -0.39 is 10.0 Å². The van der Waals surface area contributed by atoms with E-state index in [0.29, 0.717) is 17.1 Å². The van der Waals surface area contributed by atoms with Crippen LogP contribution in [0.1, 0.15) is 15.9 Å². The van der Waals surface area contributed by atoms with Crippen molar-refractivity contribution in [1.82, 2.24) is 9.62 Å². The third-order valence-electron chi connectivity index (χ3n) is 3.97. The summed E-state index contributed by atoms with van der Waals surface area (Å²) in [5, 5.41) is 2.74. The second-order valence-corrected chi connectivity index (χ2v) is 7.91. The molecule has 2 aromatic carbocycles. The highest BCUT2D eigenvalue weighted by Crippen LogP contribution is 2.15. The number of hydrogen-bond donors (Lipinski definition) is 1. The maximum Gasteiger partial charge on any atom is 0.251 e. The first-order chi connectivity index (χ1) is 12.8. The lowest BCUT2D eigenvalue weighted by molar-refractivity contribution is 0.0951. The fourth-order valence-electron chi connectivity index (χ4n) is 2.46. The van der Waals surface area contributed by atoms with E-state index in [9.17, 15) is 13.2 Å². The second-order valence-electron chi connectivity index (χ2n) is 5.93. The molecular formula is C19H24N2O5S. The van der Waals surface area contributed by atoms with Gasteiger partial charge in [0.15, 0.2) is 0 Å². The molecule has 0 unspecified atom stereocenters. The number of amides is 1. The van der Waals surface area contributed by atoms with Gasteiger partial charge >= 0.3 is 0 Å². The Labute approximate surface area is 160 Å². The third-order valence-corrected chi connectivity index (χ3v) is 5.22. The molecule has 1 N–H and O–H groups in total. The molecule has 0 aliphatic carbocycles. The first-order valence-electron chi connectivity index (χ1n) is 8.34. The van der Waals surface area contributed by atoms with Crippen molar-refractivity contribution in [2.75, 3.05) is 33.6 Å². The van der Waals surface area contributed by atoms with Gasteiger partial charge < -0.3 is 14.8 Å². The van der Waals surface area contributed by atoms with Crippen LogP contribution in [-0.2, 0) is 16.6 Å². The summed E-state index contributed by atoms with van der Waals surface area (Å²) in [5.74, 6) is 1.00. The summed E-state index contributed by atoms with van der Waals surface area (Å²) in [6, 6.07) is 13.9. The summed E-state index contributed by atoms with van der Waals surface area (Å²) in [7, 11) is -0.321. The van der Waals surface area contributed by atoms with Crippen LogP contribution in [0.25, 0.3) is 0 Å². The topological polar surface area (TPSA) is 84.9 Å². The average Bonchev–Trinajstić information content (AvgIpc) is 2.66. The highest BCUT2D eigenvalue weighted by molar-refractivity contribution is 7.88. The Morgan fingerprint density at radius 2 is 1.70 bits per heavy atom. The van der Waals surface area contributed by atoms with Gasteiger partial charge in [0.2, 0.25) is 10.0 Å². The zero-order valence-electron chi connectivity index (χ0n) is 15.6. The number of carbonyl (C=O) groups is 1. The number of sulfonamides is 1. The monoisotopic (exact) mass is 392 g/mol. The summed E-state index contributed by atoms with van der Waals surface area (Å²) in [6.07, 6.45) is 1.15. The van der Waals surface area contributed by atoms with Crippen molar-refractivity contribution in [2.24, 2.45) is 0 Å². The van der Waals surface area contributed by atoms with Crippen molar-refractivity contribution in [3.8, 4) is 11.5 Å². The number of hydrogen-bond acceptors (Lipinski definition) is 5. The molecule has 2 rings (SSSR count). The van der Waals surface area contributed by atoms with E-state index >= 15 is 0 Å². The van der Waals surface area contributed by atoms with E-state index in [-0.39, 0.29) is 25.5 Å². The minimum Gasteiger partial charge on any atom is -0.497 e. The van der Waals surface area contributed by atoms with Crippen molar-refractivity contribution in [3.05, 3.63) is 59.7 Å². The van der Waals surface area contributed by atoms with Gasteiger partial charge in [0.25, 0.3) is 5.91 Å². The molecule has 0 saturated carbocycles. The number of nitrogens with one attached hydrogen (secondary N) is 1. The van der Waals surface area contributed by atoms with Crippen LogP contribution in [-0.4, -0.2) is 52.2 Å². The lowest BCUT2D eigenvalue weighted by Crippen LogP contribution is -2.37. The molecule has 146 valence electrons. The third kappa shape index (κ3) is 6.26. The maximum absolute atomic E-state index is 12.2. The fraction of sp³-hybridized carbons (Fsp3) is 0.316. The zero-order valence-corrected chi connectivity index (χ0v) is 16.5. The predicted molar refractivity (Wildman–Crippen MR) is 104 cm³/mol. The molecule has 0 radical (unpaired) electrons. The van der Waals surface area contributed by atoms with Crippen LogP contribution in [0, 0.1) is 0 Å². The summed E-state index contributed by atoms with van der Waals surface area (Å²) in [6.45, 7) is 0.581. The van der Waals surface area contributed by atoms with Crippen molar-refractivity contribution >= 4 is 15.9 Å². The molecule has 2 aromatic rings. The van der Waals surface area contributed by atoms with Crippen LogP contribution in [0.15, 0.2) is 48.5 Å². The summed E-state index contributed by atoms with van der Waals surface area (Å²) in [5.41, 5.74) is 1.29. The molecule has 0 atom stereocenters. The highest BCUT2D eigenvalue weighted by atomic mass is 32.2. The van der Waals surface area contributed by atoms with Crippen LogP contribution in [0.5, 0.6) is 11.5 Å². The van der Waals surface area contributed by atoms with E-state index in [1.54, 1.807) is 43.5 Å². The van der Waals surface area contributed by atoms with Gasteiger partial charge in [-0.2, -0.15) is 4.31 Å². The fourth-order valence-corrected chi connectivity index (χ4v) is 3.26. The Morgan fingerprint density at radius 3 is 2.30 bits per heavy atom. The Kier molecular flexibility index (Phi) is 7.20. The molecule has 27 heavy (non-hydrogen) atoms. The van der Waals surface area contributed by atoms with Crippen LogP contribution in [0.3, 0.4) is 0 Å². The van der Waals surface area contributed by atoms with Crippen molar-refractivity contribution in [3.63, 3.8) is 0 Å². The number of ether oxygens (including phenoxy) is 2. The van der Waals surface area contributed by atoms with Crippen molar-refractivity contribution < 1.29 is 22.7 Å². The minimum absolute atomic E-state index is 0.167. The first-order valence-corrected chi connectivity index (χ1v) is 10.2. The van der Waals surface area contributed by atoms with E-state index in [1.807, 2.05) is 12.1 Å². The van der Waals surface area contributed by atoms with Gasteiger partial charge in [0.05, 0.1) is 20.5 Å². The number of carbonyl (C=O) groups excluding carboxylic acids is 1. The molecule has 8 heteroatoms. The van der Waals surface area contributed by atoms with Gasteiger partial charge in [-0.05, 0) is 35.9 Å². The molecule has 7 nitrogen and oxygen atoms in total. The van der Waals surface area contributed by atoms with Gasteiger partial charge in [-0.15, -0.1) is 0 Å². The molecule has 0 bridgehead atoms. The van der Waals surface area contributed by atoms with E-state index in [0.717, 1.165) is 11.8 Å². The Balaban J connectivity index is 1.96. The van der Waals surface area contributed by atoms with Crippen LogP contribution < -0.4 is 14.8 Å². The summed E-state index contributed by atoms with van der Waals surface area (Å²) in [4.78, 5) is 12.2. The van der Waals surface area contributed by atoms with Crippen LogP contribution in [0.4, 0.5) is 0 Å². The number of methoxy groups -OCH3 is 2. The van der Waals surface area contributed by atoms with Crippen LogP contribution >= 0.6 is 0 Å². The van der Waals surface area contributed by atoms with Gasteiger partial charge in [-0.25, -0.2) is 8.42 Å². The van der Waals surface area contributed by atoms with E-state index in [4.69, 9.17) is 9.47 Å². The number of rotatable bonds is 9. The van der Waals surface area contributed by atoms with E-state index in [1.165, 1.54) is 11.4 Å². The van der Waals surface area contributed by atoms with Crippen molar-refractivity contribution in [2.45, 2.75) is 6.54 Å². The highest BCUT2D eigenvalue weighted by Gasteiger charge is 2.17. The molecule has 1 amide bonds. The standard InChI is InChI=1S/C19H24N2O5S/c1-25-17-9-7-15(8-10-17)14-21(27(3,23)24)12-11-20-19(22)16-5-4-6-18(13-16)26-2/h4-10,13H,11-12,14H2,1-3H3,(H,20,22). The normalized spacial score (nSPS) is 11.3. The van der Waals surface area contributed by atoms with Gasteiger partial charge in [0, 0.05) is 25.2 Å². The van der Waals surface area contributed by atoms with Gasteiger partial charge in [0.1, 0.15) is 11.5 Å². The number of benzene rings is 2. The van der Waals surface area contributed by atoms with Crippen LogP contribution in [0.2, 0.25) is 0 Å². The molecule has 0 saturated heterocycles. The Hall–Kier alpha value is -2.58. The quantitative estimate of drug-likeness (QED) is 0.705. The summed E-state index contributed by atoms with van der Waals surface area (Å²) >= 11 is 0. The molecule has 0 aromatic heterocycles. The Bertz CT molecular complexity index is 866.